The zero-order valence-electron chi connectivity index (χ0n) is 16.6. The summed E-state index contributed by atoms with van der Waals surface area (Å²) in [6, 6.07) is 6.96. The van der Waals surface area contributed by atoms with Crippen molar-refractivity contribution < 1.29 is 23.8 Å². The number of nitrogens with zero attached hydrogens (tertiary/aromatic N) is 1. The standard InChI is InChI=1S/C20H30N2O5/c1-15(2)13-20(3,25-4)19(24)21-16-5-7-17(8-6-16)27-14-18(23)22-9-11-26-12-10-22/h5-8,15H,9-14H2,1-4H3,(H,21,24)/t20-/m1/s1. The Morgan fingerprint density at radius 3 is 2.41 bits per heavy atom. The maximum atomic E-state index is 12.5. The number of nitrogens with one attached hydrogen (secondary N) is 1. The Morgan fingerprint density at radius 2 is 1.85 bits per heavy atom. The molecule has 1 saturated heterocycles. The van der Waals surface area contributed by atoms with Crippen molar-refractivity contribution in [3.8, 4) is 5.75 Å². The molecule has 1 heterocycles. The van der Waals surface area contributed by atoms with Gasteiger partial charge in [-0.05, 0) is 43.5 Å². The maximum Gasteiger partial charge on any atom is 0.260 e. The molecule has 0 aromatic heterocycles. The minimum Gasteiger partial charge on any atom is -0.484 e. The molecule has 7 nitrogen and oxygen atoms in total. The van der Waals surface area contributed by atoms with E-state index in [-0.39, 0.29) is 18.4 Å². The molecule has 1 aliphatic rings. The van der Waals surface area contributed by atoms with Gasteiger partial charge in [-0.3, -0.25) is 9.59 Å². The highest BCUT2D eigenvalue weighted by atomic mass is 16.5. The summed E-state index contributed by atoms with van der Waals surface area (Å²) in [6.07, 6.45) is 0.625. The lowest BCUT2D eigenvalue weighted by Gasteiger charge is -2.28. The molecule has 0 saturated carbocycles. The second-order valence-corrected chi connectivity index (χ2v) is 7.29. The number of carbonyl (C=O) groups excluding carboxylic acids is 2. The Hall–Kier alpha value is -2.12. The topological polar surface area (TPSA) is 77.1 Å². The molecule has 7 heteroatoms. The fraction of sp³-hybridized carbons (Fsp3) is 0.600. The third kappa shape index (κ3) is 6.22. The van der Waals surface area contributed by atoms with Gasteiger partial charge in [0, 0.05) is 25.9 Å². The molecule has 0 bridgehead atoms. The van der Waals surface area contributed by atoms with Crippen LogP contribution in [0.2, 0.25) is 0 Å². The first-order chi connectivity index (χ1) is 12.8. The number of carbonyl (C=O) groups is 2. The van der Waals surface area contributed by atoms with Crippen LogP contribution in [0.15, 0.2) is 24.3 Å². The van der Waals surface area contributed by atoms with Crippen molar-refractivity contribution in [3.63, 3.8) is 0 Å². The average molecular weight is 378 g/mol. The number of morpholine rings is 1. The highest BCUT2D eigenvalue weighted by molar-refractivity contribution is 5.97. The smallest absolute Gasteiger partial charge is 0.260 e. The Morgan fingerprint density at radius 1 is 1.22 bits per heavy atom. The number of rotatable bonds is 8. The maximum absolute atomic E-state index is 12.5. The highest BCUT2D eigenvalue weighted by Gasteiger charge is 2.33. The van der Waals surface area contributed by atoms with E-state index in [1.807, 2.05) is 0 Å². The van der Waals surface area contributed by atoms with Crippen LogP contribution in [0.3, 0.4) is 0 Å². The average Bonchev–Trinajstić information content (AvgIpc) is 2.67. The predicted molar refractivity (Wildman–Crippen MR) is 103 cm³/mol. The van der Waals surface area contributed by atoms with Gasteiger partial charge in [0.05, 0.1) is 13.2 Å². The van der Waals surface area contributed by atoms with E-state index in [0.29, 0.717) is 50.1 Å². The van der Waals surface area contributed by atoms with Gasteiger partial charge >= 0.3 is 0 Å². The quantitative estimate of drug-likeness (QED) is 0.751. The van der Waals surface area contributed by atoms with Crippen molar-refractivity contribution in [1.82, 2.24) is 4.90 Å². The van der Waals surface area contributed by atoms with E-state index in [0.717, 1.165) is 0 Å². The normalized spacial score (nSPS) is 16.7. The molecule has 2 rings (SSSR count). The summed E-state index contributed by atoms with van der Waals surface area (Å²) < 4.78 is 16.2. The first-order valence-electron chi connectivity index (χ1n) is 9.29. The van der Waals surface area contributed by atoms with Crippen molar-refractivity contribution in [2.75, 3.05) is 45.3 Å². The molecule has 1 N–H and O–H groups in total. The molecule has 1 aromatic carbocycles. The SMILES string of the molecule is CO[C@](C)(CC(C)C)C(=O)Nc1ccc(OCC(=O)N2CCOCC2)cc1. The van der Waals surface area contributed by atoms with E-state index in [9.17, 15) is 9.59 Å². The van der Waals surface area contributed by atoms with E-state index < -0.39 is 5.60 Å². The van der Waals surface area contributed by atoms with Gasteiger partial charge in [-0.2, -0.15) is 0 Å². The number of amides is 2. The lowest BCUT2D eigenvalue weighted by atomic mass is 9.93. The summed E-state index contributed by atoms with van der Waals surface area (Å²) in [5, 5.41) is 2.87. The van der Waals surface area contributed by atoms with Crippen molar-refractivity contribution >= 4 is 17.5 Å². The van der Waals surface area contributed by atoms with Crippen LogP contribution < -0.4 is 10.1 Å². The molecule has 1 aromatic rings. The lowest BCUT2D eigenvalue weighted by molar-refractivity contribution is -0.137. The van der Waals surface area contributed by atoms with Gasteiger partial charge in [0.25, 0.3) is 11.8 Å². The summed E-state index contributed by atoms with van der Waals surface area (Å²) in [7, 11) is 1.55. The van der Waals surface area contributed by atoms with E-state index in [1.54, 1.807) is 43.2 Å². The molecule has 0 unspecified atom stereocenters. The van der Waals surface area contributed by atoms with Crippen LogP contribution in [0.1, 0.15) is 27.2 Å². The predicted octanol–water partition coefficient (Wildman–Crippen LogP) is 2.31. The second-order valence-electron chi connectivity index (χ2n) is 7.29. The first kappa shape index (κ1) is 21.2. The van der Waals surface area contributed by atoms with Gasteiger partial charge in [0.2, 0.25) is 0 Å². The molecular weight excluding hydrogens is 348 g/mol. The number of anilines is 1. The summed E-state index contributed by atoms with van der Waals surface area (Å²) in [6.45, 7) is 8.21. The Kier molecular flexibility index (Phi) is 7.62. The molecule has 27 heavy (non-hydrogen) atoms. The Labute approximate surface area is 161 Å². The molecule has 1 fully saturated rings. The van der Waals surface area contributed by atoms with Crippen LogP contribution in [0.5, 0.6) is 5.75 Å². The van der Waals surface area contributed by atoms with Crippen LogP contribution in [-0.4, -0.2) is 62.3 Å². The molecule has 0 spiro atoms. The zero-order valence-corrected chi connectivity index (χ0v) is 16.6. The Bertz CT molecular complexity index is 626. The van der Waals surface area contributed by atoms with Crippen LogP contribution in [0.25, 0.3) is 0 Å². The Balaban J connectivity index is 1.87. The summed E-state index contributed by atoms with van der Waals surface area (Å²) in [5.74, 6) is 0.668. The largest absolute Gasteiger partial charge is 0.484 e. The van der Waals surface area contributed by atoms with E-state index in [4.69, 9.17) is 14.2 Å². The minimum atomic E-state index is -0.881. The zero-order chi connectivity index (χ0) is 19.9. The van der Waals surface area contributed by atoms with E-state index >= 15 is 0 Å². The van der Waals surface area contributed by atoms with Gasteiger partial charge < -0.3 is 24.4 Å². The number of benzene rings is 1. The van der Waals surface area contributed by atoms with Crippen molar-refractivity contribution in [1.29, 1.82) is 0 Å². The van der Waals surface area contributed by atoms with Gasteiger partial charge in [-0.15, -0.1) is 0 Å². The number of methoxy groups -OCH3 is 1. The van der Waals surface area contributed by atoms with Crippen molar-refractivity contribution in [3.05, 3.63) is 24.3 Å². The number of hydrogen-bond acceptors (Lipinski definition) is 5. The highest BCUT2D eigenvalue weighted by Crippen LogP contribution is 2.23. The van der Waals surface area contributed by atoms with E-state index in [2.05, 4.69) is 19.2 Å². The summed E-state index contributed by atoms with van der Waals surface area (Å²) in [4.78, 5) is 26.4. The van der Waals surface area contributed by atoms with E-state index in [1.165, 1.54) is 0 Å². The second kappa shape index (κ2) is 9.71. The molecule has 2 amide bonds. The monoisotopic (exact) mass is 378 g/mol. The van der Waals surface area contributed by atoms with Gasteiger partial charge in [0.1, 0.15) is 11.4 Å². The molecule has 0 radical (unpaired) electrons. The third-order valence-electron chi connectivity index (χ3n) is 4.57. The minimum absolute atomic E-state index is 0.0121. The first-order valence-corrected chi connectivity index (χ1v) is 9.29. The van der Waals surface area contributed by atoms with Gasteiger partial charge in [-0.1, -0.05) is 13.8 Å². The summed E-state index contributed by atoms with van der Waals surface area (Å²) >= 11 is 0. The van der Waals surface area contributed by atoms with Crippen molar-refractivity contribution in [2.24, 2.45) is 5.92 Å². The molecule has 1 aliphatic heterocycles. The summed E-state index contributed by atoms with van der Waals surface area (Å²) in [5.41, 5.74) is -0.229. The van der Waals surface area contributed by atoms with Crippen LogP contribution >= 0.6 is 0 Å². The molecular formula is C20H30N2O5. The van der Waals surface area contributed by atoms with Crippen LogP contribution in [-0.2, 0) is 19.1 Å². The third-order valence-corrected chi connectivity index (χ3v) is 4.57. The van der Waals surface area contributed by atoms with Gasteiger partial charge in [0.15, 0.2) is 6.61 Å². The number of hydrogen-bond donors (Lipinski definition) is 1. The van der Waals surface area contributed by atoms with Crippen LogP contribution in [0, 0.1) is 5.92 Å². The fourth-order valence-electron chi connectivity index (χ4n) is 2.99. The lowest BCUT2D eigenvalue weighted by Crippen LogP contribution is -2.43. The molecule has 1 atom stereocenters. The molecule has 0 aliphatic carbocycles. The number of ether oxygens (including phenoxy) is 3. The molecule has 150 valence electrons. The van der Waals surface area contributed by atoms with Crippen molar-refractivity contribution in [2.45, 2.75) is 32.8 Å². The van der Waals surface area contributed by atoms with Gasteiger partial charge in [-0.25, -0.2) is 0 Å². The van der Waals surface area contributed by atoms with Crippen LogP contribution in [0.4, 0.5) is 5.69 Å². The fourth-order valence-corrected chi connectivity index (χ4v) is 2.99.